The van der Waals surface area contributed by atoms with Gasteiger partial charge in [0.25, 0.3) is 0 Å². The van der Waals surface area contributed by atoms with Crippen LogP contribution in [-0.2, 0) is 22.4 Å². The van der Waals surface area contributed by atoms with E-state index < -0.39 is 0 Å². The molecule has 1 N–H and O–H groups in total. The van der Waals surface area contributed by atoms with Crippen molar-refractivity contribution in [1.82, 2.24) is 24.5 Å². The van der Waals surface area contributed by atoms with E-state index in [-0.39, 0.29) is 23.9 Å². The number of carbonyl (C=O) groups excluding carboxylic acids is 1. The van der Waals surface area contributed by atoms with Gasteiger partial charge in [0.15, 0.2) is 0 Å². The molecule has 1 saturated heterocycles. The summed E-state index contributed by atoms with van der Waals surface area (Å²) >= 11 is 3.02. The van der Waals surface area contributed by atoms with Crippen LogP contribution in [0.25, 0.3) is 20.4 Å². The van der Waals surface area contributed by atoms with E-state index in [1.807, 2.05) is 17.0 Å². The van der Waals surface area contributed by atoms with E-state index in [9.17, 15) is 4.79 Å². The molecule has 0 saturated carbocycles. The number of anilines is 2. The van der Waals surface area contributed by atoms with Gasteiger partial charge in [0, 0.05) is 16.9 Å². The number of fused-ring (bicyclic) bond motifs is 4. The Hall–Kier alpha value is -2.89. The van der Waals surface area contributed by atoms with Crippen molar-refractivity contribution in [2.45, 2.75) is 45.2 Å². The molecule has 35 heavy (non-hydrogen) atoms. The van der Waals surface area contributed by atoms with Crippen molar-refractivity contribution in [3.8, 4) is 5.75 Å². The minimum absolute atomic E-state index is 0.00994. The van der Waals surface area contributed by atoms with Gasteiger partial charge in [-0.15, -0.1) is 16.4 Å². The van der Waals surface area contributed by atoms with Gasteiger partial charge in [-0.2, -0.15) is 0 Å². The highest BCUT2D eigenvalue weighted by molar-refractivity contribution is 7.19. The van der Waals surface area contributed by atoms with Crippen LogP contribution in [0.3, 0.4) is 0 Å². The number of nitrogens with zero attached hydrogens (tertiary/aromatic N) is 5. The highest BCUT2D eigenvalue weighted by Gasteiger charge is 2.36. The molecule has 1 aromatic carbocycles. The van der Waals surface area contributed by atoms with Crippen LogP contribution < -0.4 is 10.1 Å². The number of carbonyl (C=O) groups is 1. The van der Waals surface area contributed by atoms with Crippen molar-refractivity contribution < 1.29 is 14.3 Å². The molecule has 9 nitrogen and oxygen atoms in total. The van der Waals surface area contributed by atoms with Crippen LogP contribution in [0.2, 0.25) is 0 Å². The minimum Gasteiger partial charge on any atom is -0.494 e. The number of hydrogen-bond donors (Lipinski definition) is 1. The summed E-state index contributed by atoms with van der Waals surface area (Å²) in [7, 11) is 1.64. The molecule has 0 spiro atoms. The number of aryl methyl sites for hydroxylation is 1. The second kappa shape index (κ2) is 8.96. The Morgan fingerprint density at radius 1 is 1.23 bits per heavy atom. The van der Waals surface area contributed by atoms with Crippen molar-refractivity contribution >= 4 is 60.7 Å². The number of benzene rings is 1. The molecule has 1 amide bonds. The van der Waals surface area contributed by atoms with Gasteiger partial charge in [0.2, 0.25) is 5.91 Å². The molecule has 0 bridgehead atoms. The largest absolute Gasteiger partial charge is 0.494 e. The monoisotopic (exact) mass is 510 g/mol. The Morgan fingerprint density at radius 2 is 2.06 bits per heavy atom. The van der Waals surface area contributed by atoms with E-state index >= 15 is 0 Å². The summed E-state index contributed by atoms with van der Waals surface area (Å²) in [6.07, 6.45) is 3.99. The maximum Gasteiger partial charge on any atom is 0.226 e. The highest BCUT2D eigenvalue weighted by Crippen LogP contribution is 2.42. The van der Waals surface area contributed by atoms with Gasteiger partial charge in [-0.1, -0.05) is 4.49 Å². The zero-order valence-corrected chi connectivity index (χ0v) is 21.4. The molecule has 182 valence electrons. The van der Waals surface area contributed by atoms with Gasteiger partial charge < -0.3 is 19.7 Å². The van der Waals surface area contributed by atoms with Crippen LogP contribution in [0, 0.1) is 5.92 Å². The third-order valence-corrected chi connectivity index (χ3v) is 8.79. The first-order chi connectivity index (χ1) is 17.0. The summed E-state index contributed by atoms with van der Waals surface area (Å²) in [5, 5.41) is 8.65. The number of aromatic nitrogens is 4. The molecule has 3 aromatic heterocycles. The van der Waals surface area contributed by atoms with Crippen LogP contribution in [0.15, 0.2) is 18.5 Å². The van der Waals surface area contributed by atoms with Crippen LogP contribution in [0.5, 0.6) is 5.75 Å². The fraction of sp³-hybridized carbons (Fsp3) is 0.458. The number of morpholine rings is 1. The van der Waals surface area contributed by atoms with Gasteiger partial charge in [-0.05, 0) is 56.3 Å². The number of ether oxygens (including phenoxy) is 2. The first-order valence-electron chi connectivity index (χ1n) is 11.8. The average molecular weight is 511 g/mol. The quantitative estimate of drug-likeness (QED) is 0.436. The van der Waals surface area contributed by atoms with Crippen molar-refractivity contribution in [3.05, 3.63) is 28.9 Å². The van der Waals surface area contributed by atoms with E-state index in [2.05, 4.69) is 38.7 Å². The number of hydrogen-bond acceptors (Lipinski definition) is 10. The molecule has 3 atom stereocenters. The minimum atomic E-state index is -0.00994. The average Bonchev–Trinajstić information content (AvgIpc) is 3.47. The lowest BCUT2D eigenvalue weighted by Crippen LogP contribution is -2.54. The number of nitrogens with one attached hydrogen (secondary N) is 1. The lowest BCUT2D eigenvalue weighted by Gasteiger charge is -2.41. The van der Waals surface area contributed by atoms with Gasteiger partial charge in [0.05, 0.1) is 48.2 Å². The van der Waals surface area contributed by atoms with Gasteiger partial charge in [-0.3, -0.25) is 4.79 Å². The molecule has 1 fully saturated rings. The second-order valence-corrected chi connectivity index (χ2v) is 11.1. The molecule has 1 aliphatic carbocycles. The number of thiophene rings is 1. The smallest absolute Gasteiger partial charge is 0.226 e. The molecular formula is C24H26N6O3S2. The Kier molecular flexibility index (Phi) is 5.78. The molecular weight excluding hydrogens is 484 g/mol. The highest BCUT2D eigenvalue weighted by atomic mass is 32.1. The topological polar surface area (TPSA) is 102 Å². The normalized spacial score (nSPS) is 22.4. The Bertz CT molecular complexity index is 1410. The Morgan fingerprint density at radius 3 is 2.86 bits per heavy atom. The van der Waals surface area contributed by atoms with E-state index in [1.165, 1.54) is 22.0 Å². The number of methoxy groups -OCH3 is 1. The molecule has 4 heterocycles. The van der Waals surface area contributed by atoms with Crippen LogP contribution in [0.4, 0.5) is 11.5 Å². The summed E-state index contributed by atoms with van der Waals surface area (Å²) in [6, 6.07) is 4.09. The number of amides is 1. The lowest BCUT2D eigenvalue weighted by atomic mass is 9.86. The first kappa shape index (κ1) is 22.6. The first-order valence-corrected chi connectivity index (χ1v) is 13.3. The molecule has 0 radical (unpaired) electrons. The molecule has 2 aliphatic rings. The third kappa shape index (κ3) is 3.91. The molecule has 11 heteroatoms. The predicted octanol–water partition coefficient (Wildman–Crippen LogP) is 4.19. The van der Waals surface area contributed by atoms with Crippen LogP contribution >= 0.6 is 22.9 Å². The SMILES string of the molecule is COc1cc2nnsc2cc1Nc1ncnc2sc3c(c12)CC[C@H](C(=O)N1[C@H](C)COC[C@H]1C)C3. The summed E-state index contributed by atoms with van der Waals surface area (Å²) in [5.41, 5.74) is 2.86. The van der Waals surface area contributed by atoms with Crippen molar-refractivity contribution in [1.29, 1.82) is 0 Å². The predicted molar refractivity (Wildman–Crippen MR) is 137 cm³/mol. The third-order valence-electron chi connectivity index (χ3n) is 6.94. The maximum absolute atomic E-state index is 13.5. The van der Waals surface area contributed by atoms with Gasteiger partial charge >= 0.3 is 0 Å². The van der Waals surface area contributed by atoms with Gasteiger partial charge in [0.1, 0.15) is 28.2 Å². The van der Waals surface area contributed by atoms with E-state index in [0.717, 1.165) is 51.2 Å². The summed E-state index contributed by atoms with van der Waals surface area (Å²) in [6.45, 7) is 5.36. The molecule has 0 unspecified atom stereocenters. The van der Waals surface area contributed by atoms with Gasteiger partial charge in [-0.25, -0.2) is 9.97 Å². The zero-order chi connectivity index (χ0) is 24.1. The van der Waals surface area contributed by atoms with Crippen molar-refractivity contribution in [2.75, 3.05) is 25.6 Å². The molecule has 1 aliphatic heterocycles. The fourth-order valence-electron chi connectivity index (χ4n) is 5.27. The molecule has 4 aromatic rings. The standard InChI is InChI=1S/C24H26N6O3S2/c1-12-9-33-10-13(2)30(12)24(31)14-4-5-15-19(6-14)34-23-21(15)22(25-11-26-23)27-16-8-20-17(28-29-35-20)7-18(16)32-3/h7-8,11-14H,4-6,9-10H2,1-3H3,(H,25,26,27)/t12-,13-,14+/m1/s1. The Balaban J connectivity index is 1.32. The van der Waals surface area contributed by atoms with E-state index in [1.54, 1.807) is 24.8 Å². The van der Waals surface area contributed by atoms with Crippen LogP contribution in [-0.4, -0.2) is 62.8 Å². The fourth-order valence-corrected chi connectivity index (χ4v) is 7.12. The summed E-state index contributed by atoms with van der Waals surface area (Å²) in [5.74, 6) is 1.67. The van der Waals surface area contributed by atoms with Crippen molar-refractivity contribution in [2.24, 2.45) is 5.92 Å². The summed E-state index contributed by atoms with van der Waals surface area (Å²) in [4.78, 5) is 26.8. The maximum atomic E-state index is 13.5. The van der Waals surface area contributed by atoms with Crippen molar-refractivity contribution in [3.63, 3.8) is 0 Å². The lowest BCUT2D eigenvalue weighted by molar-refractivity contribution is -0.149. The number of rotatable bonds is 4. The molecule has 6 rings (SSSR count). The van der Waals surface area contributed by atoms with Crippen LogP contribution in [0.1, 0.15) is 30.7 Å². The summed E-state index contributed by atoms with van der Waals surface area (Å²) < 4.78 is 16.2. The Labute approximate surface area is 210 Å². The van der Waals surface area contributed by atoms with E-state index in [4.69, 9.17) is 9.47 Å². The van der Waals surface area contributed by atoms with E-state index in [0.29, 0.717) is 19.0 Å². The zero-order valence-electron chi connectivity index (χ0n) is 19.8. The second-order valence-electron chi connectivity index (χ2n) is 9.25.